The molecule has 1 saturated carbocycles. The monoisotopic (exact) mass is 513 g/mol. The number of aromatic nitrogens is 1. The molecule has 1 unspecified atom stereocenters. The van der Waals surface area contributed by atoms with Gasteiger partial charge in [-0.05, 0) is 76.1 Å². The number of sulfonamides is 1. The van der Waals surface area contributed by atoms with Gasteiger partial charge in [-0.1, -0.05) is 48.2 Å². The molecule has 2 fully saturated rings. The van der Waals surface area contributed by atoms with Crippen LogP contribution >= 0.6 is 0 Å². The zero-order chi connectivity index (χ0) is 26.0. The van der Waals surface area contributed by atoms with E-state index in [0.717, 1.165) is 42.4 Å². The first-order valence-electron chi connectivity index (χ1n) is 13.1. The van der Waals surface area contributed by atoms with E-state index in [-0.39, 0.29) is 35.1 Å². The first-order valence-corrected chi connectivity index (χ1v) is 14.5. The summed E-state index contributed by atoms with van der Waals surface area (Å²) in [4.78, 5) is 15.3. The largest absolute Gasteiger partial charge is 0.355 e. The van der Waals surface area contributed by atoms with Gasteiger partial charge in [0.05, 0.1) is 5.92 Å². The van der Waals surface area contributed by atoms with E-state index in [9.17, 15) is 13.2 Å². The SMILES string of the molecule is Cc1cc(C)c(C=Cc2onc(C)c2S(=O)(=O)N2CCCC(C(=O)N(C)C3CCCCC3)C2)c(C)c1. The molecule has 0 radical (unpaired) electrons. The van der Waals surface area contributed by atoms with Crippen LogP contribution < -0.4 is 0 Å². The molecule has 2 heterocycles. The van der Waals surface area contributed by atoms with Crippen molar-refractivity contribution in [1.29, 1.82) is 0 Å². The minimum absolute atomic E-state index is 0.0641. The fraction of sp³-hybridized carbons (Fsp3) is 0.571. The highest BCUT2D eigenvalue weighted by atomic mass is 32.2. The number of benzene rings is 1. The molecule has 4 rings (SSSR count). The first kappa shape index (κ1) is 26.6. The molecule has 1 aromatic heterocycles. The lowest BCUT2D eigenvalue weighted by molar-refractivity contribution is -0.138. The van der Waals surface area contributed by atoms with Crippen molar-refractivity contribution in [2.75, 3.05) is 20.1 Å². The lowest BCUT2D eigenvalue weighted by atomic mass is 9.92. The molecule has 2 aliphatic rings. The highest BCUT2D eigenvalue weighted by Crippen LogP contribution is 2.31. The van der Waals surface area contributed by atoms with Crippen LogP contribution in [-0.2, 0) is 14.8 Å². The highest BCUT2D eigenvalue weighted by Gasteiger charge is 2.38. The summed E-state index contributed by atoms with van der Waals surface area (Å²) >= 11 is 0. The molecule has 1 aliphatic carbocycles. The summed E-state index contributed by atoms with van der Waals surface area (Å²) in [7, 11) is -1.99. The third kappa shape index (κ3) is 5.44. The second-order valence-electron chi connectivity index (χ2n) is 10.6. The Labute approximate surface area is 215 Å². The number of carbonyl (C=O) groups is 1. The van der Waals surface area contributed by atoms with Crippen LogP contribution in [0.15, 0.2) is 21.6 Å². The Bertz CT molecular complexity index is 1220. The summed E-state index contributed by atoms with van der Waals surface area (Å²) in [6.45, 7) is 8.38. The standard InChI is InChI=1S/C28H39N3O4S/c1-19-16-20(2)25(21(3)17-19)13-14-26-27(22(4)29-35-26)36(33,34)31-15-9-10-23(18-31)28(32)30(5)24-11-7-6-8-12-24/h13-14,16-17,23-24H,6-12,15,18H2,1-5H3. The van der Waals surface area contributed by atoms with Crippen LogP contribution in [-0.4, -0.2) is 54.9 Å². The Hall–Kier alpha value is -2.45. The molecular weight excluding hydrogens is 474 g/mol. The molecule has 7 nitrogen and oxygen atoms in total. The number of carbonyl (C=O) groups excluding carboxylic acids is 1. The highest BCUT2D eigenvalue weighted by molar-refractivity contribution is 7.89. The Morgan fingerprint density at radius 3 is 2.36 bits per heavy atom. The van der Waals surface area contributed by atoms with Gasteiger partial charge >= 0.3 is 0 Å². The quantitative estimate of drug-likeness (QED) is 0.525. The summed E-state index contributed by atoms with van der Waals surface area (Å²) in [6.07, 6.45) is 10.6. The summed E-state index contributed by atoms with van der Waals surface area (Å²) < 4.78 is 34.5. The Kier molecular flexibility index (Phi) is 8.05. The van der Waals surface area contributed by atoms with Gasteiger partial charge in [-0.15, -0.1) is 0 Å². The van der Waals surface area contributed by atoms with Crippen LogP contribution in [0, 0.1) is 33.6 Å². The van der Waals surface area contributed by atoms with Crippen LogP contribution in [0.5, 0.6) is 0 Å². The predicted molar refractivity (Wildman–Crippen MR) is 142 cm³/mol. The Morgan fingerprint density at radius 2 is 1.69 bits per heavy atom. The summed E-state index contributed by atoms with van der Waals surface area (Å²) in [5.41, 5.74) is 4.78. The van der Waals surface area contributed by atoms with Crippen LogP contribution in [0.4, 0.5) is 0 Å². The maximum Gasteiger partial charge on any atom is 0.248 e. The smallest absolute Gasteiger partial charge is 0.248 e. The second kappa shape index (κ2) is 10.9. The van der Waals surface area contributed by atoms with Crippen LogP contribution in [0.1, 0.15) is 78.7 Å². The van der Waals surface area contributed by atoms with Crippen molar-refractivity contribution in [2.45, 2.75) is 83.6 Å². The van der Waals surface area contributed by atoms with E-state index >= 15 is 0 Å². The fourth-order valence-corrected chi connectivity index (χ4v) is 7.61. The zero-order valence-corrected chi connectivity index (χ0v) is 23.0. The molecule has 1 aromatic carbocycles. The van der Waals surface area contributed by atoms with Crippen molar-refractivity contribution < 1.29 is 17.7 Å². The molecule has 0 N–H and O–H groups in total. The summed E-state index contributed by atoms with van der Waals surface area (Å²) in [5.74, 6) is -0.0357. The Balaban J connectivity index is 1.56. The van der Waals surface area contributed by atoms with Crippen LogP contribution in [0.25, 0.3) is 12.2 Å². The number of hydrogen-bond donors (Lipinski definition) is 0. The number of hydrogen-bond acceptors (Lipinski definition) is 5. The van der Waals surface area contributed by atoms with E-state index < -0.39 is 10.0 Å². The van der Waals surface area contributed by atoms with Gasteiger partial charge in [-0.3, -0.25) is 4.79 Å². The number of rotatable bonds is 6. The third-order valence-electron chi connectivity index (χ3n) is 7.77. The summed E-state index contributed by atoms with van der Waals surface area (Å²) in [6, 6.07) is 4.47. The zero-order valence-electron chi connectivity index (χ0n) is 22.2. The molecule has 1 saturated heterocycles. The van der Waals surface area contributed by atoms with Gasteiger partial charge < -0.3 is 9.42 Å². The Morgan fingerprint density at radius 1 is 1.03 bits per heavy atom. The summed E-state index contributed by atoms with van der Waals surface area (Å²) in [5, 5.41) is 3.99. The molecular formula is C28H39N3O4S. The minimum atomic E-state index is -3.87. The van der Waals surface area contributed by atoms with Crippen molar-refractivity contribution in [1.82, 2.24) is 14.4 Å². The molecule has 36 heavy (non-hydrogen) atoms. The number of amides is 1. The van der Waals surface area contributed by atoms with Gasteiger partial charge in [-0.2, -0.15) is 4.31 Å². The number of piperidine rings is 1. The molecule has 196 valence electrons. The van der Waals surface area contributed by atoms with Gasteiger partial charge in [0.2, 0.25) is 15.9 Å². The van der Waals surface area contributed by atoms with E-state index in [1.165, 1.54) is 16.3 Å². The maximum absolute atomic E-state index is 13.8. The fourth-order valence-electron chi connectivity index (χ4n) is 5.84. The van der Waals surface area contributed by atoms with E-state index in [0.29, 0.717) is 25.1 Å². The molecule has 0 bridgehead atoms. The molecule has 2 aromatic rings. The van der Waals surface area contributed by atoms with Gasteiger partial charge in [0.25, 0.3) is 0 Å². The molecule has 0 spiro atoms. The van der Waals surface area contributed by atoms with E-state index in [2.05, 4.69) is 24.2 Å². The predicted octanol–water partition coefficient (Wildman–Crippen LogP) is 5.27. The minimum Gasteiger partial charge on any atom is -0.355 e. The van der Waals surface area contributed by atoms with Gasteiger partial charge in [-0.25, -0.2) is 8.42 Å². The van der Waals surface area contributed by atoms with Gasteiger partial charge in [0, 0.05) is 26.2 Å². The third-order valence-corrected chi connectivity index (χ3v) is 9.80. The number of aryl methyl sites for hydroxylation is 4. The first-order chi connectivity index (χ1) is 17.1. The molecule has 1 aliphatic heterocycles. The normalized spacial score (nSPS) is 20.2. The van der Waals surface area contributed by atoms with E-state index in [1.54, 1.807) is 13.0 Å². The average molecular weight is 514 g/mol. The van der Waals surface area contributed by atoms with Crippen molar-refractivity contribution in [3.8, 4) is 0 Å². The molecule has 1 atom stereocenters. The van der Waals surface area contributed by atoms with Crippen molar-refractivity contribution in [2.24, 2.45) is 5.92 Å². The van der Waals surface area contributed by atoms with E-state index in [4.69, 9.17) is 4.52 Å². The van der Waals surface area contributed by atoms with Crippen molar-refractivity contribution in [3.05, 3.63) is 45.8 Å². The topological polar surface area (TPSA) is 83.7 Å². The maximum atomic E-state index is 13.8. The van der Waals surface area contributed by atoms with Crippen LogP contribution in [0.2, 0.25) is 0 Å². The second-order valence-corrected chi connectivity index (χ2v) is 12.4. The lowest BCUT2D eigenvalue weighted by Crippen LogP contribution is -2.48. The lowest BCUT2D eigenvalue weighted by Gasteiger charge is -2.37. The van der Waals surface area contributed by atoms with Gasteiger partial charge in [0.1, 0.15) is 5.69 Å². The number of nitrogens with zero attached hydrogens (tertiary/aromatic N) is 3. The molecule has 1 amide bonds. The van der Waals surface area contributed by atoms with E-state index in [1.807, 2.05) is 31.9 Å². The van der Waals surface area contributed by atoms with Crippen molar-refractivity contribution in [3.63, 3.8) is 0 Å². The van der Waals surface area contributed by atoms with Crippen LogP contribution in [0.3, 0.4) is 0 Å². The molecule has 8 heteroatoms. The van der Waals surface area contributed by atoms with Crippen molar-refractivity contribution >= 4 is 28.1 Å². The average Bonchev–Trinajstić information content (AvgIpc) is 3.24. The van der Waals surface area contributed by atoms with Gasteiger partial charge in [0.15, 0.2) is 10.7 Å².